The van der Waals surface area contributed by atoms with Gasteiger partial charge in [-0.15, -0.1) is 5.10 Å². The lowest BCUT2D eigenvalue weighted by atomic mass is 10.2. The molecule has 0 radical (unpaired) electrons. The van der Waals surface area contributed by atoms with E-state index in [-0.39, 0.29) is 34.0 Å². The average Bonchev–Trinajstić information content (AvgIpc) is 3.88. The second kappa shape index (κ2) is 16.1. The summed E-state index contributed by atoms with van der Waals surface area (Å²) in [5.74, 6) is 2.78. The van der Waals surface area contributed by atoms with Gasteiger partial charge in [-0.1, -0.05) is 42.2 Å². The third-order valence-electron chi connectivity index (χ3n) is 13.1. The Labute approximate surface area is 367 Å². The fraction of sp³-hybridized carbons (Fsp3) is 0.600. The van der Waals surface area contributed by atoms with E-state index in [1.54, 1.807) is 50.0 Å². The fourth-order valence-electron chi connectivity index (χ4n) is 10.0. The Morgan fingerprint density at radius 2 is 1.18 bits per heavy atom. The van der Waals surface area contributed by atoms with E-state index in [1.807, 2.05) is 32.9 Å². The van der Waals surface area contributed by atoms with Crippen LogP contribution >= 0.6 is 34.8 Å². The van der Waals surface area contributed by atoms with Crippen molar-refractivity contribution >= 4 is 46.7 Å². The van der Waals surface area contributed by atoms with Gasteiger partial charge in [-0.3, -0.25) is 0 Å². The van der Waals surface area contributed by atoms with Crippen LogP contribution in [0.3, 0.4) is 0 Å². The number of hydrogen-bond donors (Lipinski definition) is 1. The zero-order chi connectivity index (χ0) is 42.0. The summed E-state index contributed by atoms with van der Waals surface area (Å²) in [6, 6.07) is 9.99. The molecule has 0 unspecified atom stereocenters. The Hall–Kier alpha value is -3.87. The van der Waals surface area contributed by atoms with Crippen molar-refractivity contribution in [2.45, 2.75) is 124 Å². The van der Waals surface area contributed by atoms with Crippen molar-refractivity contribution in [2.75, 3.05) is 13.2 Å². The third kappa shape index (κ3) is 9.02. The van der Waals surface area contributed by atoms with Crippen LogP contribution in [-0.4, -0.2) is 66.3 Å². The highest BCUT2D eigenvalue weighted by Gasteiger charge is 2.86. The minimum Gasteiger partial charge on any atom is -0.478 e. The Kier molecular flexibility index (Phi) is 11.9. The van der Waals surface area contributed by atoms with Crippen molar-refractivity contribution in [3.8, 4) is 17.6 Å². The van der Waals surface area contributed by atoms with E-state index < -0.39 is 23.1 Å². The fourth-order valence-corrected chi connectivity index (χ4v) is 10.7. The molecule has 1 N–H and O–H groups in total. The van der Waals surface area contributed by atoms with Crippen molar-refractivity contribution in [1.29, 1.82) is 0 Å². The van der Waals surface area contributed by atoms with Gasteiger partial charge in [-0.05, 0) is 164 Å². The van der Waals surface area contributed by atoms with Gasteiger partial charge in [0.2, 0.25) is 11.8 Å². The number of carbonyl (C=O) groups excluding carboxylic acids is 2. The van der Waals surface area contributed by atoms with Gasteiger partial charge >= 0.3 is 11.9 Å². The zero-order valence-corrected chi connectivity index (χ0v) is 36.8. The predicted molar refractivity (Wildman–Crippen MR) is 230 cm³/mol. The quantitative estimate of drug-likeness (QED) is 0.114. The third-order valence-corrected chi connectivity index (χ3v) is 13.9. The molecule has 10 rings (SSSR count). The maximum atomic E-state index is 12.2. The smallest absolute Gasteiger partial charge is 0.341 e. The molecular formula is C45H57Cl3N6O6. The average molecular weight is 884 g/mol. The predicted octanol–water partition coefficient (Wildman–Crippen LogP) is 11.2. The summed E-state index contributed by atoms with van der Waals surface area (Å²) in [6.07, 6.45) is 17.6. The van der Waals surface area contributed by atoms with Crippen molar-refractivity contribution < 1.29 is 28.5 Å². The maximum absolute atomic E-state index is 12.2. The van der Waals surface area contributed by atoms with Crippen LogP contribution in [0.15, 0.2) is 48.8 Å². The number of esters is 2. The molecule has 0 amide bonds. The minimum absolute atomic E-state index is 0. The van der Waals surface area contributed by atoms with Gasteiger partial charge in [0.1, 0.15) is 26.7 Å². The van der Waals surface area contributed by atoms with Crippen molar-refractivity contribution in [3.63, 3.8) is 0 Å². The lowest BCUT2D eigenvalue weighted by molar-refractivity contribution is 0.00567. The number of pyridine rings is 2. The van der Waals surface area contributed by atoms with Gasteiger partial charge in [-0.25, -0.2) is 29.3 Å². The summed E-state index contributed by atoms with van der Waals surface area (Å²) in [5, 5.41) is 11.5. The molecule has 12 nitrogen and oxygen atoms in total. The first-order valence-electron chi connectivity index (χ1n) is 20.7. The highest BCUT2D eigenvalue weighted by molar-refractivity contribution is 6.34. The SMILES string of the molecule is C.CC(C)(C)OC(=O)c1ccc(-n2ccc(OCCC3C4(CC4)C34CC4)n2)nc1Cl.CC(C)(C)OC(=O)c1ccc(Cl)nc1Cl.c1cc(OCCC2C3(CC3)C23CC3)[nH]n1. The molecular weight excluding hydrogens is 827 g/mol. The highest BCUT2D eigenvalue weighted by Crippen LogP contribution is 2.93. The summed E-state index contributed by atoms with van der Waals surface area (Å²) < 4.78 is 23.6. The number of fused-ring (bicyclic) bond motifs is 2. The van der Waals surface area contributed by atoms with Gasteiger partial charge in [0.25, 0.3) is 0 Å². The van der Waals surface area contributed by atoms with Crippen LogP contribution in [0, 0.1) is 33.5 Å². The number of nitrogens with one attached hydrogen (secondary N) is 1. The highest BCUT2D eigenvalue weighted by atomic mass is 35.5. The molecule has 6 aliphatic carbocycles. The molecule has 4 heterocycles. The topological polar surface area (TPSA) is 143 Å². The molecule has 4 aromatic heterocycles. The number of H-pyrrole nitrogens is 1. The largest absolute Gasteiger partial charge is 0.478 e. The molecule has 6 aliphatic rings. The standard InChI is InChI=1S/C22H26ClN3O3.C12H16N2O.C10H11Cl2NO2.CH4/c1-20(2,3)29-19(27)14-4-5-16(24-18(14)23)26-12-6-17(25-26)28-13-7-15-21(8-9-21)22(15)10-11-22;1-7-13-14-10(1)15-8-2-9-11(3-4-11)12(9)5-6-12;1-10(2,3)15-9(14)6-4-5-7(11)13-8(6)12;/h4-6,12,15H,7-11,13H2,1-3H3;1,7,9H,2-6,8H2,(H,13,14);4-5H,1-3H3;1H4. The second-order valence-electron chi connectivity index (χ2n) is 19.0. The summed E-state index contributed by atoms with van der Waals surface area (Å²) in [6.45, 7) is 12.3. The Morgan fingerprint density at radius 1 is 0.700 bits per heavy atom. The number of ether oxygens (including phenoxy) is 4. The van der Waals surface area contributed by atoms with Crippen molar-refractivity contribution in [2.24, 2.45) is 33.5 Å². The number of rotatable bonds is 11. The molecule has 4 spiro atoms. The van der Waals surface area contributed by atoms with Crippen LogP contribution in [0.5, 0.6) is 11.8 Å². The lowest BCUT2D eigenvalue weighted by Crippen LogP contribution is -2.24. The van der Waals surface area contributed by atoms with Gasteiger partial charge in [0, 0.05) is 18.3 Å². The van der Waals surface area contributed by atoms with E-state index in [0.29, 0.717) is 29.1 Å². The Bertz CT molecular complexity index is 2160. The summed E-state index contributed by atoms with van der Waals surface area (Å²) in [7, 11) is 0. The Morgan fingerprint density at radius 3 is 1.62 bits per heavy atom. The molecule has 6 saturated carbocycles. The van der Waals surface area contributed by atoms with E-state index in [4.69, 9.17) is 53.8 Å². The molecule has 60 heavy (non-hydrogen) atoms. The van der Waals surface area contributed by atoms with E-state index >= 15 is 0 Å². The van der Waals surface area contributed by atoms with E-state index in [9.17, 15) is 9.59 Å². The normalized spacial score (nSPS) is 19.9. The lowest BCUT2D eigenvalue weighted by Gasteiger charge is -2.19. The molecule has 0 bridgehead atoms. The van der Waals surface area contributed by atoms with Crippen LogP contribution in [0.1, 0.15) is 134 Å². The molecule has 0 aliphatic heterocycles. The molecule has 6 fully saturated rings. The maximum Gasteiger partial charge on any atom is 0.341 e. The molecule has 324 valence electrons. The summed E-state index contributed by atoms with van der Waals surface area (Å²) in [5.41, 5.74) is 2.39. The summed E-state index contributed by atoms with van der Waals surface area (Å²) >= 11 is 17.6. The van der Waals surface area contributed by atoms with Gasteiger partial charge in [-0.2, -0.15) is 5.10 Å². The first kappa shape index (κ1) is 44.2. The van der Waals surface area contributed by atoms with Gasteiger partial charge in [0.15, 0.2) is 5.82 Å². The van der Waals surface area contributed by atoms with E-state index in [1.165, 1.54) is 69.9 Å². The molecule has 15 heteroatoms. The number of halogens is 3. The number of nitrogens with zero attached hydrogens (tertiary/aromatic N) is 5. The molecule has 4 aromatic rings. The van der Waals surface area contributed by atoms with Crippen LogP contribution in [0.25, 0.3) is 5.82 Å². The number of aromatic amines is 1. The second-order valence-corrected chi connectivity index (χ2v) is 20.1. The van der Waals surface area contributed by atoms with Gasteiger partial charge < -0.3 is 18.9 Å². The van der Waals surface area contributed by atoms with Crippen molar-refractivity contribution in [3.05, 3.63) is 75.4 Å². The van der Waals surface area contributed by atoms with E-state index in [0.717, 1.165) is 41.6 Å². The first-order valence-corrected chi connectivity index (χ1v) is 21.8. The van der Waals surface area contributed by atoms with Crippen LogP contribution in [0.4, 0.5) is 0 Å². The van der Waals surface area contributed by atoms with Crippen LogP contribution in [-0.2, 0) is 9.47 Å². The molecule has 0 saturated heterocycles. The van der Waals surface area contributed by atoms with Crippen LogP contribution in [0.2, 0.25) is 15.5 Å². The van der Waals surface area contributed by atoms with E-state index in [2.05, 4.69) is 25.3 Å². The number of aromatic nitrogens is 6. The summed E-state index contributed by atoms with van der Waals surface area (Å²) in [4.78, 5) is 31.9. The minimum atomic E-state index is -0.591. The van der Waals surface area contributed by atoms with Gasteiger partial charge in [0.05, 0.1) is 30.5 Å². The molecule has 0 atom stereocenters. The van der Waals surface area contributed by atoms with Crippen molar-refractivity contribution in [1.82, 2.24) is 29.9 Å². The zero-order valence-electron chi connectivity index (χ0n) is 34.6. The van der Waals surface area contributed by atoms with Crippen LogP contribution < -0.4 is 9.47 Å². The monoisotopic (exact) mass is 882 g/mol. The number of carbonyl (C=O) groups is 2. The number of hydrogen-bond acceptors (Lipinski definition) is 10. The Balaban J connectivity index is 0.000000148. The first-order chi connectivity index (χ1) is 27.9. The molecule has 0 aromatic carbocycles.